The van der Waals surface area contributed by atoms with Gasteiger partial charge in [0.1, 0.15) is 5.58 Å². The van der Waals surface area contributed by atoms with Crippen molar-refractivity contribution in [3.8, 4) is 11.1 Å². The summed E-state index contributed by atoms with van der Waals surface area (Å²) in [5, 5.41) is 14.8. The number of hydrogen-bond acceptors (Lipinski definition) is 5. The van der Waals surface area contributed by atoms with Gasteiger partial charge in [0.05, 0.1) is 15.5 Å². The van der Waals surface area contributed by atoms with Crippen LogP contribution in [-0.4, -0.2) is 10.8 Å². The summed E-state index contributed by atoms with van der Waals surface area (Å²) < 4.78 is 5.36. The Balaban J connectivity index is 1.65. The molecule has 1 amide bonds. The normalized spacial score (nSPS) is 10.8. The van der Waals surface area contributed by atoms with Crippen molar-refractivity contribution in [1.29, 1.82) is 0 Å². The second-order valence-corrected chi connectivity index (χ2v) is 7.25. The molecule has 0 spiro atoms. The number of para-hydroxylation sites is 1. The van der Waals surface area contributed by atoms with Gasteiger partial charge >= 0.3 is 5.63 Å². The maximum atomic E-state index is 12.6. The quantitative estimate of drug-likeness (QED) is 0.256. The molecule has 0 saturated heterocycles. The van der Waals surface area contributed by atoms with Crippen molar-refractivity contribution < 1.29 is 14.1 Å². The van der Waals surface area contributed by atoms with Gasteiger partial charge in [-0.2, -0.15) is 0 Å². The Bertz CT molecular complexity index is 1410. The second-order valence-electron chi connectivity index (χ2n) is 6.84. The molecule has 4 aromatic rings. The van der Waals surface area contributed by atoms with E-state index < -0.39 is 16.5 Å². The number of hydrogen-bond donors (Lipinski definition) is 1. The molecule has 0 atom stereocenters. The molecule has 0 radical (unpaired) electrons. The topological polar surface area (TPSA) is 102 Å². The Morgan fingerprint density at radius 1 is 1.03 bits per heavy atom. The van der Waals surface area contributed by atoms with Gasteiger partial charge in [-0.1, -0.05) is 41.9 Å². The summed E-state index contributed by atoms with van der Waals surface area (Å²) in [4.78, 5) is 35.6. The number of nitrogens with one attached hydrogen (secondary N) is 1. The van der Waals surface area contributed by atoms with Crippen molar-refractivity contribution in [3.05, 3.63) is 103 Å². The van der Waals surface area contributed by atoms with Gasteiger partial charge in [0, 0.05) is 33.8 Å². The average molecular weight is 435 g/mol. The van der Waals surface area contributed by atoms with E-state index in [0.29, 0.717) is 22.4 Å². The number of carbonyl (C=O) groups is 1. The van der Waals surface area contributed by atoms with Crippen molar-refractivity contribution in [3.63, 3.8) is 0 Å². The maximum Gasteiger partial charge on any atom is 0.344 e. The summed E-state index contributed by atoms with van der Waals surface area (Å²) in [6.07, 6.45) is 0. The van der Waals surface area contributed by atoms with Crippen LogP contribution in [0.2, 0.25) is 5.02 Å². The lowest BCUT2D eigenvalue weighted by atomic mass is 10.0. The monoisotopic (exact) mass is 434 g/mol. The molecule has 154 valence electrons. The third kappa shape index (κ3) is 3.91. The summed E-state index contributed by atoms with van der Waals surface area (Å²) in [6, 6.07) is 17.9. The van der Waals surface area contributed by atoms with Crippen LogP contribution in [0.15, 0.2) is 75.9 Å². The number of anilines is 1. The summed E-state index contributed by atoms with van der Waals surface area (Å²) in [5.74, 6) is -0.504. The number of fused-ring (bicyclic) bond motifs is 1. The fourth-order valence-electron chi connectivity index (χ4n) is 3.33. The molecule has 0 fully saturated rings. The summed E-state index contributed by atoms with van der Waals surface area (Å²) in [7, 11) is 0. The number of amides is 1. The molecular formula is C23H15ClN2O5. The van der Waals surface area contributed by atoms with E-state index in [9.17, 15) is 19.7 Å². The van der Waals surface area contributed by atoms with Crippen molar-refractivity contribution in [2.24, 2.45) is 0 Å². The first-order chi connectivity index (χ1) is 14.8. The zero-order valence-corrected chi connectivity index (χ0v) is 17.0. The van der Waals surface area contributed by atoms with Gasteiger partial charge in [-0.15, -0.1) is 0 Å². The maximum absolute atomic E-state index is 12.6. The van der Waals surface area contributed by atoms with Crippen LogP contribution in [0.1, 0.15) is 15.9 Å². The SMILES string of the molecule is Cc1c(C(=O)Nc2ccc(-c3cc4ccccc4oc3=O)c(Cl)c2)cccc1[N+](=O)[O-]. The van der Waals surface area contributed by atoms with E-state index in [2.05, 4.69) is 5.32 Å². The first-order valence-corrected chi connectivity index (χ1v) is 9.61. The lowest BCUT2D eigenvalue weighted by Gasteiger charge is -2.10. The lowest BCUT2D eigenvalue weighted by molar-refractivity contribution is -0.385. The molecule has 0 saturated carbocycles. The van der Waals surface area contributed by atoms with Crippen LogP contribution in [0.25, 0.3) is 22.1 Å². The molecule has 3 aromatic carbocycles. The van der Waals surface area contributed by atoms with Crippen molar-refractivity contribution in [1.82, 2.24) is 0 Å². The fourth-order valence-corrected chi connectivity index (χ4v) is 3.61. The molecule has 1 N–H and O–H groups in total. The molecule has 0 unspecified atom stereocenters. The number of nitro groups is 1. The minimum absolute atomic E-state index is 0.135. The lowest BCUT2D eigenvalue weighted by Crippen LogP contribution is -2.14. The standard InChI is InChI=1S/C23H15ClN2O5/c1-13-16(6-4-7-20(13)26(29)30)22(27)25-15-9-10-17(19(24)12-15)18-11-14-5-2-3-8-21(14)31-23(18)28/h2-12H,1H3,(H,25,27). The highest BCUT2D eigenvalue weighted by Gasteiger charge is 2.19. The van der Waals surface area contributed by atoms with Gasteiger partial charge in [0.25, 0.3) is 11.6 Å². The molecule has 4 rings (SSSR count). The highest BCUT2D eigenvalue weighted by Crippen LogP contribution is 2.31. The Labute approximate surface area is 181 Å². The van der Waals surface area contributed by atoms with E-state index in [1.54, 1.807) is 30.3 Å². The van der Waals surface area contributed by atoms with Crippen molar-refractivity contribution in [2.45, 2.75) is 6.92 Å². The Morgan fingerprint density at radius 3 is 2.55 bits per heavy atom. The number of rotatable bonds is 4. The Hall–Kier alpha value is -3.97. The Kier molecular flexibility index (Phi) is 5.27. The second kappa shape index (κ2) is 8.04. The van der Waals surface area contributed by atoms with Crippen LogP contribution in [0.3, 0.4) is 0 Å². The zero-order chi connectivity index (χ0) is 22.1. The first-order valence-electron chi connectivity index (χ1n) is 9.23. The van der Waals surface area contributed by atoms with Crippen molar-refractivity contribution in [2.75, 3.05) is 5.32 Å². The van der Waals surface area contributed by atoms with Crippen LogP contribution in [-0.2, 0) is 0 Å². The van der Waals surface area contributed by atoms with Crippen LogP contribution >= 0.6 is 11.6 Å². The number of carbonyl (C=O) groups excluding carboxylic acids is 1. The van der Waals surface area contributed by atoms with Gasteiger partial charge in [0.15, 0.2) is 0 Å². The molecule has 8 heteroatoms. The van der Waals surface area contributed by atoms with E-state index >= 15 is 0 Å². The predicted molar refractivity (Wildman–Crippen MR) is 119 cm³/mol. The van der Waals surface area contributed by atoms with Gasteiger partial charge in [-0.25, -0.2) is 4.79 Å². The number of nitro benzene ring substituents is 1. The largest absolute Gasteiger partial charge is 0.422 e. The van der Waals surface area contributed by atoms with E-state index in [1.807, 2.05) is 12.1 Å². The fraction of sp³-hybridized carbons (Fsp3) is 0.0435. The van der Waals surface area contributed by atoms with E-state index in [-0.39, 0.29) is 21.8 Å². The van der Waals surface area contributed by atoms with Crippen LogP contribution in [0.5, 0.6) is 0 Å². The highest BCUT2D eigenvalue weighted by atomic mass is 35.5. The first kappa shape index (κ1) is 20.3. The molecule has 0 aliphatic carbocycles. The number of halogens is 1. The molecule has 1 aromatic heterocycles. The zero-order valence-electron chi connectivity index (χ0n) is 16.2. The Morgan fingerprint density at radius 2 is 1.81 bits per heavy atom. The predicted octanol–water partition coefficient (Wildman–Crippen LogP) is 5.58. The molecule has 1 heterocycles. The van der Waals surface area contributed by atoms with E-state index in [4.69, 9.17) is 16.0 Å². The third-order valence-corrected chi connectivity index (χ3v) is 5.22. The average Bonchev–Trinajstić information content (AvgIpc) is 2.73. The van der Waals surface area contributed by atoms with Crippen LogP contribution in [0, 0.1) is 17.0 Å². The molecule has 0 bridgehead atoms. The summed E-state index contributed by atoms with van der Waals surface area (Å²) in [6.45, 7) is 1.52. The van der Waals surface area contributed by atoms with Crippen molar-refractivity contribution >= 4 is 39.9 Å². The summed E-state index contributed by atoms with van der Waals surface area (Å²) in [5.41, 5.74) is 1.42. The number of benzene rings is 3. The van der Waals surface area contributed by atoms with Crippen LogP contribution < -0.4 is 10.9 Å². The highest BCUT2D eigenvalue weighted by molar-refractivity contribution is 6.33. The summed E-state index contributed by atoms with van der Waals surface area (Å²) >= 11 is 6.39. The molecule has 0 aliphatic rings. The smallest absolute Gasteiger partial charge is 0.344 e. The minimum atomic E-state index is -0.535. The van der Waals surface area contributed by atoms with E-state index in [0.717, 1.165) is 5.39 Å². The van der Waals surface area contributed by atoms with E-state index in [1.165, 1.54) is 31.2 Å². The molecule has 7 nitrogen and oxygen atoms in total. The third-order valence-electron chi connectivity index (χ3n) is 4.91. The van der Waals surface area contributed by atoms with Crippen LogP contribution in [0.4, 0.5) is 11.4 Å². The minimum Gasteiger partial charge on any atom is -0.422 e. The molecular weight excluding hydrogens is 420 g/mol. The van der Waals surface area contributed by atoms with Gasteiger partial charge < -0.3 is 9.73 Å². The van der Waals surface area contributed by atoms with Gasteiger partial charge in [-0.3, -0.25) is 14.9 Å². The van der Waals surface area contributed by atoms with Gasteiger partial charge in [0.2, 0.25) is 0 Å². The molecule has 31 heavy (non-hydrogen) atoms. The van der Waals surface area contributed by atoms with Gasteiger partial charge in [-0.05, 0) is 37.3 Å². The molecule has 0 aliphatic heterocycles. The number of nitrogens with zero attached hydrogens (tertiary/aromatic N) is 1.